The van der Waals surface area contributed by atoms with Crippen molar-refractivity contribution in [3.8, 4) is 18.1 Å². The van der Waals surface area contributed by atoms with Crippen LogP contribution in [0.4, 0.5) is 11.5 Å². The van der Waals surface area contributed by atoms with Gasteiger partial charge < -0.3 is 20.1 Å². The van der Waals surface area contributed by atoms with E-state index in [1.807, 2.05) is 36.4 Å². The van der Waals surface area contributed by atoms with Crippen molar-refractivity contribution in [1.82, 2.24) is 15.3 Å². The first kappa shape index (κ1) is 21.2. The number of benzene rings is 2. The number of terminal acetylenes is 1. The molecule has 0 fully saturated rings. The maximum atomic E-state index is 12.4. The number of anilines is 2. The van der Waals surface area contributed by atoms with E-state index in [0.29, 0.717) is 30.2 Å². The molecule has 2 aromatic carbocycles. The van der Waals surface area contributed by atoms with Gasteiger partial charge in [0.2, 0.25) is 0 Å². The zero-order chi connectivity index (χ0) is 21.3. The number of hydrogen-bond acceptors (Lipinski definition) is 7. The van der Waals surface area contributed by atoms with Crippen LogP contribution in [0.25, 0.3) is 10.9 Å². The maximum absolute atomic E-state index is 12.4. The van der Waals surface area contributed by atoms with Gasteiger partial charge in [0, 0.05) is 48.3 Å². The Morgan fingerprint density at radius 2 is 2.07 bits per heavy atom. The summed E-state index contributed by atoms with van der Waals surface area (Å²) in [7, 11) is 3.21. The molecule has 30 heavy (non-hydrogen) atoms. The Hall–Kier alpha value is -3.47. The smallest absolute Gasteiger partial charge is 0.151 e. The van der Waals surface area contributed by atoms with Crippen molar-refractivity contribution in [2.24, 2.45) is 0 Å². The Balaban J connectivity index is 1.88. The molecular weight excluding hydrogens is 380 g/mol. The summed E-state index contributed by atoms with van der Waals surface area (Å²) in [6.45, 7) is 1.44. The average Bonchev–Trinajstić information content (AvgIpc) is 2.77. The highest BCUT2D eigenvalue weighted by molar-refractivity contribution is 5.93. The molecular formula is C23H24N4O3. The number of fused-ring (bicyclic) bond motifs is 1. The van der Waals surface area contributed by atoms with Crippen LogP contribution < -0.4 is 15.4 Å². The predicted molar refractivity (Wildman–Crippen MR) is 117 cm³/mol. The molecule has 0 aliphatic rings. The number of nitrogens with one attached hydrogen (secondary N) is 2. The van der Waals surface area contributed by atoms with Crippen LogP contribution in [0.2, 0.25) is 0 Å². The van der Waals surface area contributed by atoms with Crippen molar-refractivity contribution in [2.45, 2.75) is 6.42 Å². The first-order chi connectivity index (χ1) is 14.6. The van der Waals surface area contributed by atoms with Gasteiger partial charge in [0.1, 0.15) is 17.9 Å². The molecule has 0 unspecified atom stereocenters. The predicted octanol–water partition coefficient (Wildman–Crippen LogP) is 2.71. The lowest BCUT2D eigenvalue weighted by Crippen LogP contribution is -2.27. The minimum atomic E-state index is 0.0526. The van der Waals surface area contributed by atoms with Gasteiger partial charge in [0.15, 0.2) is 5.78 Å². The lowest BCUT2D eigenvalue weighted by molar-refractivity contribution is -0.117. The van der Waals surface area contributed by atoms with Gasteiger partial charge >= 0.3 is 0 Å². The van der Waals surface area contributed by atoms with E-state index in [1.165, 1.54) is 6.33 Å². The number of carbonyl (C=O) groups is 1. The number of ketones is 1. The van der Waals surface area contributed by atoms with Gasteiger partial charge in [-0.25, -0.2) is 9.97 Å². The molecule has 0 aliphatic heterocycles. The standard InChI is InChI=1S/C23H24N4O3/c1-4-16-6-5-7-18(10-16)27-23-20-12-17(11-19(28)14-24-8-9-29-2)22(30-3)13-21(20)25-15-26-23/h1,5-7,10,12-13,15,24H,8-9,11,14H2,2-3H3,(H,25,26,27). The highest BCUT2D eigenvalue weighted by Gasteiger charge is 2.14. The Morgan fingerprint density at radius 1 is 1.20 bits per heavy atom. The lowest BCUT2D eigenvalue weighted by atomic mass is 10.0. The van der Waals surface area contributed by atoms with Gasteiger partial charge in [-0.2, -0.15) is 0 Å². The normalized spacial score (nSPS) is 10.6. The number of nitrogens with zero attached hydrogens (tertiary/aromatic N) is 2. The van der Waals surface area contributed by atoms with Crippen LogP contribution in [-0.2, 0) is 16.0 Å². The van der Waals surface area contributed by atoms with E-state index in [4.69, 9.17) is 15.9 Å². The van der Waals surface area contributed by atoms with Crippen molar-refractivity contribution in [3.63, 3.8) is 0 Å². The molecule has 2 N–H and O–H groups in total. The molecule has 1 heterocycles. The van der Waals surface area contributed by atoms with Crippen molar-refractivity contribution in [2.75, 3.05) is 39.2 Å². The van der Waals surface area contributed by atoms with E-state index >= 15 is 0 Å². The summed E-state index contributed by atoms with van der Waals surface area (Å²) >= 11 is 0. The van der Waals surface area contributed by atoms with Crippen molar-refractivity contribution in [3.05, 3.63) is 53.9 Å². The molecule has 0 spiro atoms. The van der Waals surface area contributed by atoms with Gasteiger partial charge in [-0.05, 0) is 24.3 Å². The number of aromatic nitrogens is 2. The SMILES string of the molecule is C#Cc1cccc(Nc2ncnc3cc(OC)c(CC(=O)CNCCOC)cc23)c1. The number of rotatable bonds is 10. The van der Waals surface area contributed by atoms with E-state index in [-0.39, 0.29) is 18.7 Å². The van der Waals surface area contributed by atoms with Gasteiger partial charge in [-0.1, -0.05) is 12.0 Å². The molecule has 3 rings (SSSR count). The highest BCUT2D eigenvalue weighted by atomic mass is 16.5. The summed E-state index contributed by atoms with van der Waals surface area (Å²) in [5, 5.41) is 7.15. The molecule has 0 saturated carbocycles. The fourth-order valence-electron chi connectivity index (χ4n) is 3.06. The summed E-state index contributed by atoms with van der Waals surface area (Å²) < 4.78 is 10.5. The summed E-state index contributed by atoms with van der Waals surface area (Å²) in [5.74, 6) is 3.92. The Kier molecular flexibility index (Phi) is 7.33. The quantitative estimate of drug-likeness (QED) is 0.397. The number of ether oxygens (including phenoxy) is 2. The van der Waals surface area contributed by atoms with Gasteiger partial charge in [0.25, 0.3) is 0 Å². The van der Waals surface area contributed by atoms with Gasteiger partial charge in [-0.3, -0.25) is 4.79 Å². The molecule has 3 aromatic rings. The zero-order valence-corrected chi connectivity index (χ0v) is 17.1. The van der Waals surface area contributed by atoms with Crippen LogP contribution in [0, 0.1) is 12.3 Å². The summed E-state index contributed by atoms with van der Waals surface area (Å²) in [6, 6.07) is 11.2. The third-order valence-electron chi connectivity index (χ3n) is 4.52. The molecule has 0 amide bonds. The van der Waals surface area contributed by atoms with Crippen LogP contribution in [-0.4, -0.2) is 49.7 Å². The number of Topliss-reactive ketones (excluding diaryl/α,β-unsaturated/α-hetero) is 1. The molecule has 0 bridgehead atoms. The first-order valence-electron chi connectivity index (χ1n) is 9.51. The first-order valence-corrected chi connectivity index (χ1v) is 9.51. The molecule has 0 radical (unpaired) electrons. The van der Waals surface area contributed by atoms with Crippen LogP contribution in [0.3, 0.4) is 0 Å². The fraction of sp³-hybridized carbons (Fsp3) is 0.261. The number of carbonyl (C=O) groups excluding carboxylic acids is 1. The minimum absolute atomic E-state index is 0.0526. The molecule has 7 heteroatoms. The number of hydrogen-bond donors (Lipinski definition) is 2. The van der Waals surface area contributed by atoms with E-state index in [9.17, 15) is 4.79 Å². The van der Waals surface area contributed by atoms with Crippen molar-refractivity contribution >= 4 is 28.2 Å². The molecule has 0 saturated heterocycles. The van der Waals surface area contributed by atoms with Crippen LogP contribution in [0.1, 0.15) is 11.1 Å². The van der Waals surface area contributed by atoms with Crippen molar-refractivity contribution in [1.29, 1.82) is 0 Å². The summed E-state index contributed by atoms with van der Waals surface area (Å²) in [6.07, 6.45) is 7.21. The second-order valence-electron chi connectivity index (χ2n) is 6.64. The monoisotopic (exact) mass is 404 g/mol. The second kappa shape index (κ2) is 10.3. The molecule has 154 valence electrons. The second-order valence-corrected chi connectivity index (χ2v) is 6.64. The molecule has 1 aromatic heterocycles. The van der Waals surface area contributed by atoms with E-state index < -0.39 is 0 Å². The Bertz CT molecular complexity index is 1080. The van der Waals surface area contributed by atoms with Gasteiger partial charge in [0.05, 0.1) is 25.8 Å². The van der Waals surface area contributed by atoms with Crippen LogP contribution in [0.15, 0.2) is 42.7 Å². The molecule has 0 aliphatic carbocycles. The topological polar surface area (TPSA) is 85.4 Å². The van der Waals surface area contributed by atoms with E-state index in [1.54, 1.807) is 14.2 Å². The fourth-order valence-corrected chi connectivity index (χ4v) is 3.06. The Labute approximate surface area is 175 Å². The number of methoxy groups -OCH3 is 2. The van der Waals surface area contributed by atoms with Crippen LogP contribution in [0.5, 0.6) is 5.75 Å². The molecule has 7 nitrogen and oxygen atoms in total. The minimum Gasteiger partial charge on any atom is -0.496 e. The zero-order valence-electron chi connectivity index (χ0n) is 17.1. The largest absolute Gasteiger partial charge is 0.496 e. The average molecular weight is 404 g/mol. The summed E-state index contributed by atoms with van der Waals surface area (Å²) in [5.41, 5.74) is 3.08. The van der Waals surface area contributed by atoms with Gasteiger partial charge in [-0.15, -0.1) is 6.42 Å². The highest BCUT2D eigenvalue weighted by Crippen LogP contribution is 2.30. The van der Waals surface area contributed by atoms with E-state index in [0.717, 1.165) is 22.2 Å². The van der Waals surface area contributed by atoms with Crippen molar-refractivity contribution < 1.29 is 14.3 Å². The Morgan fingerprint density at radius 3 is 2.83 bits per heavy atom. The van der Waals surface area contributed by atoms with Crippen LogP contribution >= 0.6 is 0 Å². The third-order valence-corrected chi connectivity index (χ3v) is 4.52. The lowest BCUT2D eigenvalue weighted by Gasteiger charge is -2.13. The third kappa shape index (κ3) is 5.32. The molecule has 0 atom stereocenters. The summed E-state index contributed by atoms with van der Waals surface area (Å²) in [4.78, 5) is 21.1. The maximum Gasteiger partial charge on any atom is 0.151 e. The van der Waals surface area contributed by atoms with E-state index in [2.05, 4.69) is 26.5 Å².